The molecule has 0 saturated heterocycles. The maximum Gasteiger partial charge on any atom is 0.272 e. The van der Waals surface area contributed by atoms with Gasteiger partial charge < -0.3 is 5.32 Å². The first kappa shape index (κ1) is 13.6. The average Bonchev–Trinajstić information content (AvgIpc) is 3.27. The summed E-state index contributed by atoms with van der Waals surface area (Å²) < 4.78 is 0. The zero-order chi connectivity index (χ0) is 14.1. The molecule has 0 heterocycles. The molecule has 0 unspecified atom stereocenters. The van der Waals surface area contributed by atoms with Crippen LogP contribution in [0.15, 0.2) is 18.2 Å². The molecule has 1 aromatic carbocycles. The molecule has 1 N–H and O–H groups in total. The Morgan fingerprint density at radius 3 is 2.50 bits per heavy atom. The third kappa shape index (κ3) is 3.18. The molecule has 0 amide bonds. The van der Waals surface area contributed by atoms with Gasteiger partial charge in [-0.15, -0.1) is 0 Å². The first-order valence-electron chi connectivity index (χ1n) is 7.60. The molecule has 108 valence electrons. The SMILES string of the molecule is Cc1ccc(CNCC(C2CC2)C2CC2)cc1[N+](=O)[O-]. The minimum Gasteiger partial charge on any atom is -0.312 e. The molecule has 4 nitrogen and oxygen atoms in total. The summed E-state index contributed by atoms with van der Waals surface area (Å²) in [7, 11) is 0. The number of hydrogen-bond donors (Lipinski definition) is 1. The Balaban J connectivity index is 1.55. The van der Waals surface area contributed by atoms with Crippen LogP contribution in [0.2, 0.25) is 0 Å². The van der Waals surface area contributed by atoms with Gasteiger partial charge in [0.15, 0.2) is 0 Å². The lowest BCUT2D eigenvalue weighted by Gasteiger charge is -2.16. The standard InChI is InChI=1S/C16H22N2O2/c1-11-2-3-12(8-16(11)18(19)20)9-17-10-15(13-4-5-13)14-6-7-14/h2-3,8,13-15,17H,4-7,9-10H2,1H3. The van der Waals surface area contributed by atoms with Crippen LogP contribution >= 0.6 is 0 Å². The van der Waals surface area contributed by atoms with Crippen LogP contribution in [-0.2, 0) is 6.54 Å². The van der Waals surface area contributed by atoms with Gasteiger partial charge in [0.2, 0.25) is 0 Å². The molecular weight excluding hydrogens is 252 g/mol. The highest BCUT2D eigenvalue weighted by Gasteiger charge is 2.40. The molecule has 0 radical (unpaired) electrons. The van der Waals surface area contributed by atoms with Gasteiger partial charge in [0.05, 0.1) is 4.92 Å². The van der Waals surface area contributed by atoms with E-state index < -0.39 is 0 Å². The minimum atomic E-state index is -0.296. The van der Waals surface area contributed by atoms with Crippen molar-refractivity contribution in [3.63, 3.8) is 0 Å². The molecule has 0 aromatic heterocycles. The zero-order valence-electron chi connectivity index (χ0n) is 12.0. The van der Waals surface area contributed by atoms with Gasteiger partial charge in [-0.1, -0.05) is 12.1 Å². The molecule has 0 aliphatic heterocycles. The van der Waals surface area contributed by atoms with Crippen molar-refractivity contribution in [3.8, 4) is 0 Å². The van der Waals surface area contributed by atoms with Crippen molar-refractivity contribution in [3.05, 3.63) is 39.4 Å². The Bertz CT molecular complexity index is 495. The van der Waals surface area contributed by atoms with E-state index in [1.54, 1.807) is 13.0 Å². The lowest BCUT2D eigenvalue weighted by atomic mass is 9.98. The van der Waals surface area contributed by atoms with Crippen LogP contribution in [-0.4, -0.2) is 11.5 Å². The molecule has 2 fully saturated rings. The van der Waals surface area contributed by atoms with Gasteiger partial charge in [-0.25, -0.2) is 0 Å². The first-order chi connectivity index (χ1) is 9.65. The Kier molecular flexibility index (Phi) is 3.74. The number of nitro benzene ring substituents is 1. The second-order valence-electron chi connectivity index (χ2n) is 6.35. The number of nitrogens with one attached hydrogen (secondary N) is 1. The van der Waals surface area contributed by atoms with Crippen LogP contribution in [0.1, 0.15) is 36.8 Å². The second-order valence-corrected chi connectivity index (χ2v) is 6.35. The van der Waals surface area contributed by atoms with Crippen LogP contribution in [0, 0.1) is 34.8 Å². The van der Waals surface area contributed by atoms with Crippen LogP contribution in [0.5, 0.6) is 0 Å². The highest BCUT2D eigenvalue weighted by Crippen LogP contribution is 2.48. The van der Waals surface area contributed by atoms with Crippen LogP contribution in [0.3, 0.4) is 0 Å². The summed E-state index contributed by atoms with van der Waals surface area (Å²) in [6.07, 6.45) is 5.61. The van der Waals surface area contributed by atoms with E-state index in [9.17, 15) is 10.1 Å². The monoisotopic (exact) mass is 274 g/mol. The molecule has 20 heavy (non-hydrogen) atoms. The quantitative estimate of drug-likeness (QED) is 0.612. The Hall–Kier alpha value is -1.42. The van der Waals surface area contributed by atoms with Gasteiger partial charge >= 0.3 is 0 Å². The van der Waals surface area contributed by atoms with Crippen molar-refractivity contribution in [2.24, 2.45) is 17.8 Å². The van der Waals surface area contributed by atoms with Gasteiger partial charge in [0.25, 0.3) is 5.69 Å². The average molecular weight is 274 g/mol. The summed E-state index contributed by atoms with van der Waals surface area (Å²) in [4.78, 5) is 10.6. The molecule has 0 atom stereocenters. The fraction of sp³-hybridized carbons (Fsp3) is 0.625. The summed E-state index contributed by atoms with van der Waals surface area (Å²) in [6.45, 7) is 3.58. The van der Waals surface area contributed by atoms with E-state index >= 15 is 0 Å². The van der Waals surface area contributed by atoms with E-state index in [2.05, 4.69) is 5.32 Å². The van der Waals surface area contributed by atoms with Crippen molar-refractivity contribution in [1.29, 1.82) is 0 Å². The fourth-order valence-corrected chi connectivity index (χ4v) is 3.11. The molecule has 0 bridgehead atoms. The van der Waals surface area contributed by atoms with E-state index in [0.29, 0.717) is 0 Å². The molecule has 2 aliphatic carbocycles. The summed E-state index contributed by atoms with van der Waals surface area (Å²) in [5.41, 5.74) is 1.96. The topological polar surface area (TPSA) is 55.2 Å². The Morgan fingerprint density at radius 1 is 1.30 bits per heavy atom. The predicted octanol–water partition coefficient (Wildman–Crippen LogP) is 3.43. The minimum absolute atomic E-state index is 0.227. The molecule has 4 heteroatoms. The smallest absolute Gasteiger partial charge is 0.272 e. The van der Waals surface area contributed by atoms with Crippen LogP contribution in [0.25, 0.3) is 0 Å². The number of rotatable bonds is 7. The number of nitrogens with zero attached hydrogens (tertiary/aromatic N) is 1. The molecule has 1 aromatic rings. The third-order valence-corrected chi connectivity index (χ3v) is 4.63. The summed E-state index contributed by atoms with van der Waals surface area (Å²) in [6, 6.07) is 5.53. The largest absolute Gasteiger partial charge is 0.312 e. The number of aryl methyl sites for hydroxylation is 1. The maximum absolute atomic E-state index is 10.9. The number of benzene rings is 1. The third-order valence-electron chi connectivity index (χ3n) is 4.63. The summed E-state index contributed by atoms with van der Waals surface area (Å²) in [5.74, 6) is 2.74. The van der Waals surface area contributed by atoms with E-state index in [-0.39, 0.29) is 10.6 Å². The van der Waals surface area contributed by atoms with Gasteiger partial charge in [-0.2, -0.15) is 0 Å². The van der Waals surface area contributed by atoms with E-state index in [4.69, 9.17) is 0 Å². The van der Waals surface area contributed by atoms with Crippen molar-refractivity contribution < 1.29 is 4.92 Å². The maximum atomic E-state index is 10.9. The van der Waals surface area contributed by atoms with Crippen molar-refractivity contribution in [1.82, 2.24) is 5.32 Å². The lowest BCUT2D eigenvalue weighted by molar-refractivity contribution is -0.385. The zero-order valence-corrected chi connectivity index (χ0v) is 12.0. The van der Waals surface area contributed by atoms with Crippen molar-refractivity contribution >= 4 is 5.69 Å². The summed E-state index contributed by atoms with van der Waals surface area (Å²) >= 11 is 0. The predicted molar refractivity (Wildman–Crippen MR) is 78.5 cm³/mol. The van der Waals surface area contributed by atoms with Crippen molar-refractivity contribution in [2.45, 2.75) is 39.2 Å². The van der Waals surface area contributed by atoms with Crippen molar-refractivity contribution in [2.75, 3.05) is 6.54 Å². The van der Waals surface area contributed by atoms with Gasteiger partial charge in [0.1, 0.15) is 0 Å². The molecular formula is C16H22N2O2. The van der Waals surface area contributed by atoms with Gasteiger partial charge in [0, 0.05) is 18.2 Å². The van der Waals surface area contributed by atoms with Gasteiger partial charge in [-0.05, 0) is 62.5 Å². The first-order valence-corrected chi connectivity index (χ1v) is 7.60. The van der Waals surface area contributed by atoms with Gasteiger partial charge in [-0.3, -0.25) is 10.1 Å². The summed E-state index contributed by atoms with van der Waals surface area (Å²) in [5, 5.41) is 14.4. The normalized spacial score (nSPS) is 18.5. The molecule has 2 aliphatic rings. The van der Waals surface area contributed by atoms with Crippen LogP contribution < -0.4 is 5.32 Å². The number of nitro groups is 1. The molecule has 0 spiro atoms. The lowest BCUT2D eigenvalue weighted by Crippen LogP contribution is -2.25. The van der Waals surface area contributed by atoms with E-state index in [1.807, 2.05) is 12.1 Å². The van der Waals surface area contributed by atoms with Crippen LogP contribution in [0.4, 0.5) is 5.69 Å². The highest BCUT2D eigenvalue weighted by atomic mass is 16.6. The molecule has 3 rings (SSSR count). The highest BCUT2D eigenvalue weighted by molar-refractivity contribution is 5.42. The molecule has 2 saturated carbocycles. The van der Waals surface area contributed by atoms with E-state index in [1.165, 1.54) is 25.7 Å². The number of hydrogen-bond acceptors (Lipinski definition) is 3. The fourth-order valence-electron chi connectivity index (χ4n) is 3.11. The Labute approximate surface area is 119 Å². The second kappa shape index (κ2) is 5.52. The Morgan fingerprint density at radius 2 is 1.95 bits per heavy atom. The van der Waals surface area contributed by atoms with E-state index in [0.717, 1.165) is 42.0 Å².